The Morgan fingerprint density at radius 2 is 2.00 bits per heavy atom. The van der Waals surface area contributed by atoms with Crippen LogP contribution in [0, 0.1) is 0 Å². The summed E-state index contributed by atoms with van der Waals surface area (Å²) in [6.07, 6.45) is 0. The molecule has 1 aromatic heterocycles. The van der Waals surface area contributed by atoms with Crippen molar-refractivity contribution in [2.24, 2.45) is 0 Å². The number of carbonyl (C=O) groups is 1. The quantitative estimate of drug-likeness (QED) is 0.558. The molecular formula is C16H15N3O2S2. The molecule has 0 aliphatic rings. The first-order valence-electron chi connectivity index (χ1n) is 7.06. The molecule has 0 radical (unpaired) electrons. The van der Waals surface area contributed by atoms with Gasteiger partial charge in [-0.25, -0.2) is 0 Å². The average Bonchev–Trinajstić information content (AvgIpc) is 3.01. The van der Waals surface area contributed by atoms with Gasteiger partial charge in [-0.2, -0.15) is 0 Å². The first-order chi connectivity index (χ1) is 11.2. The summed E-state index contributed by atoms with van der Waals surface area (Å²) in [7, 11) is 1.62. The van der Waals surface area contributed by atoms with E-state index in [1.165, 1.54) is 11.3 Å². The lowest BCUT2D eigenvalue weighted by Gasteiger charge is -2.09. The van der Waals surface area contributed by atoms with Crippen molar-refractivity contribution in [3.8, 4) is 5.75 Å². The highest BCUT2D eigenvalue weighted by molar-refractivity contribution is 8.01. The molecule has 7 heteroatoms. The lowest BCUT2D eigenvalue weighted by Crippen LogP contribution is -2.12. The van der Waals surface area contributed by atoms with Crippen molar-refractivity contribution in [3.05, 3.63) is 42.0 Å². The van der Waals surface area contributed by atoms with Gasteiger partial charge in [0.1, 0.15) is 5.75 Å². The van der Waals surface area contributed by atoms with Gasteiger partial charge in [0, 0.05) is 10.9 Å². The van der Waals surface area contributed by atoms with E-state index < -0.39 is 0 Å². The van der Waals surface area contributed by atoms with E-state index in [1.807, 2.05) is 31.2 Å². The number of hydrogen-bond donors (Lipinski definition) is 1. The summed E-state index contributed by atoms with van der Waals surface area (Å²) >= 11 is 2.98. The second kappa shape index (κ2) is 6.97. The number of aromatic nitrogens is 2. The third kappa shape index (κ3) is 3.30. The van der Waals surface area contributed by atoms with Crippen LogP contribution in [0.4, 0.5) is 5.13 Å². The molecule has 5 nitrogen and oxygen atoms in total. The van der Waals surface area contributed by atoms with Gasteiger partial charge in [0.25, 0.3) is 5.91 Å². The minimum Gasteiger partial charge on any atom is -0.496 e. The number of fused-ring (bicyclic) bond motifs is 1. The minimum absolute atomic E-state index is 0.201. The normalized spacial score (nSPS) is 10.7. The maximum Gasteiger partial charge on any atom is 0.258 e. The Balaban J connectivity index is 1.91. The molecule has 0 saturated carbocycles. The zero-order chi connectivity index (χ0) is 16.2. The van der Waals surface area contributed by atoms with Crippen molar-refractivity contribution in [2.75, 3.05) is 18.2 Å². The smallest absolute Gasteiger partial charge is 0.258 e. The van der Waals surface area contributed by atoms with E-state index in [0.29, 0.717) is 10.7 Å². The molecule has 1 heterocycles. The Hall–Kier alpha value is -2.12. The van der Waals surface area contributed by atoms with Crippen LogP contribution >= 0.6 is 23.1 Å². The van der Waals surface area contributed by atoms with Crippen LogP contribution in [0.5, 0.6) is 5.75 Å². The maximum absolute atomic E-state index is 12.6. The van der Waals surface area contributed by atoms with E-state index in [0.717, 1.165) is 26.6 Å². The highest BCUT2D eigenvalue weighted by Crippen LogP contribution is 2.30. The molecule has 0 unspecified atom stereocenters. The van der Waals surface area contributed by atoms with E-state index >= 15 is 0 Å². The lowest BCUT2D eigenvalue weighted by atomic mass is 10.0. The van der Waals surface area contributed by atoms with Crippen LogP contribution in [0.2, 0.25) is 0 Å². The minimum atomic E-state index is -0.201. The van der Waals surface area contributed by atoms with Crippen LogP contribution in [0.1, 0.15) is 17.3 Å². The van der Waals surface area contributed by atoms with Crippen molar-refractivity contribution in [1.82, 2.24) is 10.2 Å². The van der Waals surface area contributed by atoms with E-state index in [9.17, 15) is 4.79 Å². The van der Waals surface area contributed by atoms with Crippen molar-refractivity contribution < 1.29 is 9.53 Å². The van der Waals surface area contributed by atoms with E-state index in [4.69, 9.17) is 4.74 Å². The highest BCUT2D eigenvalue weighted by atomic mass is 32.2. The number of anilines is 1. The standard InChI is InChI=1S/C16H15N3O2S2/c1-3-22-16-19-18-15(23-16)17-14(20)12-8-9-13(21-2)11-7-5-4-6-10(11)12/h4-9H,3H2,1-2H3,(H,17,18,20). The number of carbonyl (C=O) groups excluding carboxylic acids is 1. The fraction of sp³-hybridized carbons (Fsp3) is 0.188. The van der Waals surface area contributed by atoms with Crippen molar-refractivity contribution in [2.45, 2.75) is 11.3 Å². The number of hydrogen-bond acceptors (Lipinski definition) is 6. The van der Waals surface area contributed by atoms with E-state index in [-0.39, 0.29) is 5.91 Å². The maximum atomic E-state index is 12.6. The largest absolute Gasteiger partial charge is 0.496 e. The summed E-state index contributed by atoms with van der Waals surface area (Å²) in [4.78, 5) is 12.6. The highest BCUT2D eigenvalue weighted by Gasteiger charge is 2.14. The molecule has 0 spiro atoms. The van der Waals surface area contributed by atoms with Crippen LogP contribution in [0.15, 0.2) is 40.7 Å². The first-order valence-corrected chi connectivity index (χ1v) is 8.86. The summed E-state index contributed by atoms with van der Waals surface area (Å²) in [6.45, 7) is 2.05. The number of thioether (sulfide) groups is 1. The van der Waals surface area contributed by atoms with Gasteiger partial charge in [-0.05, 0) is 23.3 Å². The number of nitrogens with zero attached hydrogens (tertiary/aromatic N) is 2. The molecule has 118 valence electrons. The molecule has 3 aromatic rings. The Morgan fingerprint density at radius 3 is 2.74 bits per heavy atom. The second-order valence-corrected chi connectivity index (χ2v) is 7.11. The number of benzene rings is 2. The molecule has 23 heavy (non-hydrogen) atoms. The zero-order valence-electron chi connectivity index (χ0n) is 12.7. The summed E-state index contributed by atoms with van der Waals surface area (Å²) < 4.78 is 6.21. The Labute approximate surface area is 142 Å². The van der Waals surface area contributed by atoms with Gasteiger partial charge in [0.05, 0.1) is 7.11 Å². The second-order valence-electron chi connectivity index (χ2n) is 4.62. The topological polar surface area (TPSA) is 64.1 Å². The number of nitrogens with one attached hydrogen (secondary N) is 1. The average molecular weight is 345 g/mol. The molecule has 0 bridgehead atoms. The molecule has 1 amide bonds. The third-order valence-corrected chi connectivity index (χ3v) is 5.10. The van der Waals surface area contributed by atoms with Gasteiger partial charge in [-0.15, -0.1) is 10.2 Å². The Morgan fingerprint density at radius 1 is 1.22 bits per heavy atom. The summed E-state index contributed by atoms with van der Waals surface area (Å²) in [5, 5.41) is 13.1. The first kappa shape index (κ1) is 15.8. The van der Waals surface area contributed by atoms with Crippen LogP contribution < -0.4 is 10.1 Å². The summed E-state index contributed by atoms with van der Waals surface area (Å²) in [6, 6.07) is 11.2. The van der Waals surface area contributed by atoms with Gasteiger partial charge in [0.2, 0.25) is 5.13 Å². The van der Waals surface area contributed by atoms with Gasteiger partial charge < -0.3 is 4.74 Å². The molecule has 2 aromatic carbocycles. The van der Waals surface area contributed by atoms with Crippen LogP contribution in [-0.2, 0) is 0 Å². The summed E-state index contributed by atoms with van der Waals surface area (Å²) in [5.41, 5.74) is 0.585. The predicted molar refractivity (Wildman–Crippen MR) is 94.8 cm³/mol. The van der Waals surface area contributed by atoms with E-state index in [1.54, 1.807) is 31.0 Å². The third-order valence-electron chi connectivity index (χ3n) is 3.24. The SMILES string of the molecule is CCSc1nnc(NC(=O)c2ccc(OC)c3ccccc23)s1. The number of methoxy groups -OCH3 is 1. The fourth-order valence-electron chi connectivity index (χ4n) is 2.25. The zero-order valence-corrected chi connectivity index (χ0v) is 14.3. The number of amides is 1. The molecule has 0 aliphatic carbocycles. The van der Waals surface area contributed by atoms with Crippen LogP contribution in [0.3, 0.4) is 0 Å². The number of ether oxygens (including phenoxy) is 1. The van der Waals surface area contributed by atoms with Gasteiger partial charge in [0.15, 0.2) is 4.34 Å². The van der Waals surface area contributed by atoms with Gasteiger partial charge >= 0.3 is 0 Å². The van der Waals surface area contributed by atoms with Crippen molar-refractivity contribution in [3.63, 3.8) is 0 Å². The lowest BCUT2D eigenvalue weighted by molar-refractivity contribution is 0.102. The fourth-order valence-corrected chi connectivity index (χ4v) is 3.90. The van der Waals surface area contributed by atoms with Crippen LogP contribution in [0.25, 0.3) is 10.8 Å². The molecule has 1 N–H and O–H groups in total. The van der Waals surface area contributed by atoms with Gasteiger partial charge in [-0.3, -0.25) is 10.1 Å². The molecule has 0 fully saturated rings. The van der Waals surface area contributed by atoms with Crippen molar-refractivity contribution >= 4 is 44.9 Å². The Kier molecular flexibility index (Phi) is 4.78. The van der Waals surface area contributed by atoms with Gasteiger partial charge in [-0.1, -0.05) is 54.3 Å². The molecule has 0 aliphatic heterocycles. The predicted octanol–water partition coefficient (Wildman–Crippen LogP) is 4.06. The van der Waals surface area contributed by atoms with Crippen molar-refractivity contribution in [1.29, 1.82) is 0 Å². The molecule has 3 rings (SSSR count). The van der Waals surface area contributed by atoms with Crippen LogP contribution in [-0.4, -0.2) is 29.0 Å². The molecular weight excluding hydrogens is 330 g/mol. The molecule has 0 saturated heterocycles. The molecule has 0 atom stereocenters. The summed E-state index contributed by atoms with van der Waals surface area (Å²) in [5.74, 6) is 1.47. The Bertz CT molecular complexity index is 848. The number of rotatable bonds is 5. The van der Waals surface area contributed by atoms with E-state index in [2.05, 4.69) is 15.5 Å². The monoisotopic (exact) mass is 345 g/mol.